The highest BCUT2D eigenvalue weighted by Crippen LogP contribution is 2.12. The highest BCUT2D eigenvalue weighted by molar-refractivity contribution is 5.56. The molecule has 0 radical (unpaired) electrons. The number of nitrogens with two attached hydrogens (primary N) is 1. The number of rotatable bonds is 3. The minimum atomic E-state index is -0.0701. The molecular weight excluding hydrogens is 192 g/mol. The van der Waals surface area contributed by atoms with E-state index in [1.807, 2.05) is 12.1 Å². The average molecular weight is 204 g/mol. The second-order valence-corrected chi connectivity index (χ2v) is 3.19. The first-order valence-corrected chi connectivity index (χ1v) is 4.71. The second kappa shape index (κ2) is 4.10. The van der Waals surface area contributed by atoms with E-state index in [0.717, 1.165) is 11.3 Å². The van der Waals surface area contributed by atoms with E-state index in [4.69, 9.17) is 5.73 Å². The van der Waals surface area contributed by atoms with Crippen LogP contribution in [0.15, 0.2) is 35.4 Å². The molecule has 0 saturated carbocycles. The fraction of sp³-hybridized carbons (Fsp3) is 0.200. The van der Waals surface area contributed by atoms with Gasteiger partial charge in [-0.3, -0.25) is 19.6 Å². The molecule has 0 unspecified atom stereocenters. The number of H-pyrrole nitrogens is 1. The van der Waals surface area contributed by atoms with Crippen molar-refractivity contribution < 1.29 is 0 Å². The summed E-state index contributed by atoms with van der Waals surface area (Å²) in [6.07, 6.45) is 3.40. The van der Waals surface area contributed by atoms with Gasteiger partial charge in [0.25, 0.3) is 5.56 Å². The second-order valence-electron chi connectivity index (χ2n) is 3.19. The Kier molecular flexibility index (Phi) is 2.64. The summed E-state index contributed by atoms with van der Waals surface area (Å²) in [6.45, 7) is 0.937. The van der Waals surface area contributed by atoms with Crippen LogP contribution in [0, 0.1) is 0 Å². The first-order valence-electron chi connectivity index (χ1n) is 4.71. The first-order chi connectivity index (χ1) is 7.31. The van der Waals surface area contributed by atoms with Crippen LogP contribution < -0.4 is 11.3 Å². The molecule has 0 spiro atoms. The van der Waals surface area contributed by atoms with Gasteiger partial charge in [-0.15, -0.1) is 0 Å². The molecule has 0 aromatic carbocycles. The van der Waals surface area contributed by atoms with E-state index in [2.05, 4.69) is 10.1 Å². The highest BCUT2D eigenvalue weighted by Gasteiger charge is 2.03. The molecule has 5 nitrogen and oxygen atoms in total. The van der Waals surface area contributed by atoms with Crippen molar-refractivity contribution in [2.75, 3.05) is 6.54 Å². The maximum Gasteiger partial charge on any atom is 0.267 e. The van der Waals surface area contributed by atoms with E-state index in [9.17, 15) is 4.79 Å². The third-order valence-electron chi connectivity index (χ3n) is 2.11. The Balaban J connectivity index is 2.39. The average Bonchev–Trinajstić information content (AvgIpc) is 2.63. The molecule has 0 aliphatic carbocycles. The van der Waals surface area contributed by atoms with Crippen molar-refractivity contribution in [3.8, 4) is 11.3 Å². The minimum absolute atomic E-state index is 0.0701. The zero-order valence-electron chi connectivity index (χ0n) is 8.18. The maximum absolute atomic E-state index is 11.5. The van der Waals surface area contributed by atoms with Crippen molar-refractivity contribution in [1.82, 2.24) is 14.8 Å². The predicted molar refractivity (Wildman–Crippen MR) is 57.3 cm³/mol. The molecule has 2 aromatic heterocycles. The number of pyridine rings is 1. The van der Waals surface area contributed by atoms with Gasteiger partial charge < -0.3 is 5.73 Å². The standard InChI is InChI=1S/C10H12N4O/c11-3-5-14-10(15)6-9(13-14)8-2-1-4-12-7-8/h1-2,4,6-7,13H,3,5,11H2. The third-order valence-corrected chi connectivity index (χ3v) is 2.11. The van der Waals surface area contributed by atoms with Crippen molar-refractivity contribution in [2.45, 2.75) is 6.54 Å². The largest absolute Gasteiger partial charge is 0.329 e. The minimum Gasteiger partial charge on any atom is -0.329 e. The van der Waals surface area contributed by atoms with E-state index < -0.39 is 0 Å². The SMILES string of the molecule is NCCn1[nH]c(-c2cccnc2)cc1=O. The number of nitrogens with zero attached hydrogens (tertiary/aromatic N) is 2. The molecule has 0 atom stereocenters. The van der Waals surface area contributed by atoms with Crippen LogP contribution in [-0.2, 0) is 6.54 Å². The van der Waals surface area contributed by atoms with Crippen molar-refractivity contribution >= 4 is 0 Å². The Morgan fingerprint density at radius 2 is 2.40 bits per heavy atom. The Morgan fingerprint density at radius 3 is 3.07 bits per heavy atom. The number of nitrogens with one attached hydrogen (secondary N) is 1. The summed E-state index contributed by atoms with van der Waals surface area (Å²) >= 11 is 0. The van der Waals surface area contributed by atoms with Crippen molar-refractivity contribution in [3.05, 3.63) is 40.9 Å². The molecular formula is C10H12N4O. The van der Waals surface area contributed by atoms with Gasteiger partial charge in [-0.25, -0.2) is 0 Å². The van der Waals surface area contributed by atoms with Gasteiger partial charge in [0.05, 0.1) is 12.2 Å². The topological polar surface area (TPSA) is 76.7 Å². The lowest BCUT2D eigenvalue weighted by molar-refractivity contribution is 0.608. The van der Waals surface area contributed by atoms with Crippen LogP contribution in [0.1, 0.15) is 0 Å². The fourth-order valence-electron chi connectivity index (χ4n) is 1.40. The van der Waals surface area contributed by atoms with Crippen LogP contribution in [0.5, 0.6) is 0 Å². The number of aromatic amines is 1. The van der Waals surface area contributed by atoms with Crippen molar-refractivity contribution in [1.29, 1.82) is 0 Å². The molecule has 0 bridgehead atoms. The van der Waals surface area contributed by atoms with Gasteiger partial charge in [-0.05, 0) is 12.1 Å². The molecule has 0 aliphatic heterocycles. The predicted octanol–water partition coefficient (Wildman–Crippen LogP) is 0.197. The molecule has 0 aliphatic rings. The molecule has 2 heterocycles. The van der Waals surface area contributed by atoms with Crippen molar-refractivity contribution in [3.63, 3.8) is 0 Å². The first kappa shape index (κ1) is 9.67. The smallest absolute Gasteiger partial charge is 0.267 e. The molecule has 2 rings (SSSR count). The summed E-state index contributed by atoms with van der Waals surface area (Å²) in [5.41, 5.74) is 6.97. The molecule has 15 heavy (non-hydrogen) atoms. The summed E-state index contributed by atoms with van der Waals surface area (Å²) in [5.74, 6) is 0. The summed E-state index contributed by atoms with van der Waals surface area (Å²) in [7, 11) is 0. The van der Waals surface area contributed by atoms with Crippen LogP contribution in [0.25, 0.3) is 11.3 Å². The summed E-state index contributed by atoms with van der Waals surface area (Å²) in [6, 6.07) is 5.27. The van der Waals surface area contributed by atoms with Gasteiger partial charge in [0.2, 0.25) is 0 Å². The van der Waals surface area contributed by atoms with Gasteiger partial charge in [-0.1, -0.05) is 0 Å². The molecule has 78 valence electrons. The quantitative estimate of drug-likeness (QED) is 0.749. The van der Waals surface area contributed by atoms with Crippen molar-refractivity contribution in [2.24, 2.45) is 5.73 Å². The fourth-order valence-corrected chi connectivity index (χ4v) is 1.40. The van der Waals surface area contributed by atoms with E-state index in [-0.39, 0.29) is 5.56 Å². The monoisotopic (exact) mass is 204 g/mol. The Labute approximate surface area is 86.5 Å². The van der Waals surface area contributed by atoms with E-state index >= 15 is 0 Å². The van der Waals surface area contributed by atoms with Gasteiger partial charge in [0, 0.05) is 30.6 Å². The van der Waals surface area contributed by atoms with Gasteiger partial charge in [-0.2, -0.15) is 0 Å². The number of hydrogen-bond acceptors (Lipinski definition) is 3. The summed E-state index contributed by atoms with van der Waals surface area (Å²) in [4.78, 5) is 15.4. The van der Waals surface area contributed by atoms with Gasteiger partial charge in [0.1, 0.15) is 0 Å². The van der Waals surface area contributed by atoms with E-state index in [1.54, 1.807) is 18.5 Å². The Bertz CT molecular complexity index is 486. The molecule has 5 heteroatoms. The molecule has 3 N–H and O–H groups in total. The zero-order chi connectivity index (χ0) is 10.7. The highest BCUT2D eigenvalue weighted by atomic mass is 16.1. The van der Waals surface area contributed by atoms with E-state index in [1.165, 1.54) is 4.68 Å². The van der Waals surface area contributed by atoms with Crippen LogP contribution in [-0.4, -0.2) is 21.3 Å². The van der Waals surface area contributed by atoms with Gasteiger partial charge in [0.15, 0.2) is 0 Å². The molecule has 0 saturated heterocycles. The summed E-state index contributed by atoms with van der Waals surface area (Å²) in [5, 5.41) is 2.98. The maximum atomic E-state index is 11.5. The number of hydrogen-bond donors (Lipinski definition) is 2. The normalized spacial score (nSPS) is 10.5. The third kappa shape index (κ3) is 1.97. The van der Waals surface area contributed by atoms with Crippen LogP contribution >= 0.6 is 0 Å². The lowest BCUT2D eigenvalue weighted by Crippen LogP contribution is -2.20. The Hall–Kier alpha value is -1.88. The molecule has 0 amide bonds. The summed E-state index contributed by atoms with van der Waals surface area (Å²) < 4.78 is 1.49. The van der Waals surface area contributed by atoms with E-state index in [0.29, 0.717) is 13.1 Å². The Morgan fingerprint density at radius 1 is 1.53 bits per heavy atom. The van der Waals surface area contributed by atoms with Crippen LogP contribution in [0.4, 0.5) is 0 Å². The number of aromatic nitrogens is 3. The lowest BCUT2D eigenvalue weighted by atomic mass is 10.2. The molecule has 2 aromatic rings. The lowest BCUT2D eigenvalue weighted by Gasteiger charge is -1.98. The van der Waals surface area contributed by atoms with Crippen LogP contribution in [0.3, 0.4) is 0 Å². The van der Waals surface area contributed by atoms with Gasteiger partial charge >= 0.3 is 0 Å². The van der Waals surface area contributed by atoms with Crippen LogP contribution in [0.2, 0.25) is 0 Å². The molecule has 0 fully saturated rings. The zero-order valence-corrected chi connectivity index (χ0v) is 8.18.